The molecule has 1 fully saturated rings. The Bertz CT molecular complexity index is 1150. The molecule has 0 bridgehead atoms. The first-order valence-electron chi connectivity index (χ1n) is 18.3. The number of aliphatic hydroxyl groups is 4. The number of aromatic nitrogens is 2. The van der Waals surface area contributed by atoms with Crippen molar-refractivity contribution in [2.75, 3.05) is 32.8 Å². The Kier molecular flexibility index (Phi) is 22.7. The SMILES string of the molecule is CCCCCCCCCCCCCCCCCCOCCOP(=O)(COC(C)Cn1ccc(=O)[nH]c1=O)O[C@H]1O[C@H](CO)[C@H](O)[C@H](O)[C@H]1O. The molecular formula is C34H63N2O12P. The topological polar surface area (TPSA) is 199 Å². The number of nitrogens with zero attached hydrogens (tertiary/aromatic N) is 1. The molecule has 7 atom stereocenters. The second kappa shape index (κ2) is 25.5. The highest BCUT2D eigenvalue weighted by Crippen LogP contribution is 2.51. The molecule has 1 aliphatic rings. The summed E-state index contributed by atoms with van der Waals surface area (Å²) < 4.78 is 42.7. The van der Waals surface area contributed by atoms with Gasteiger partial charge in [0.25, 0.3) is 5.56 Å². The van der Waals surface area contributed by atoms with Crippen molar-refractivity contribution >= 4 is 7.60 Å². The second-order valence-electron chi connectivity index (χ2n) is 13.0. The van der Waals surface area contributed by atoms with E-state index < -0.39 is 68.6 Å². The molecule has 1 aromatic rings. The monoisotopic (exact) mass is 722 g/mol. The van der Waals surface area contributed by atoms with Gasteiger partial charge in [-0.25, -0.2) is 4.79 Å². The summed E-state index contributed by atoms with van der Waals surface area (Å²) in [4.78, 5) is 25.5. The molecule has 1 aliphatic heterocycles. The maximum atomic E-state index is 13.7. The molecule has 49 heavy (non-hydrogen) atoms. The summed E-state index contributed by atoms with van der Waals surface area (Å²) >= 11 is 0. The summed E-state index contributed by atoms with van der Waals surface area (Å²) in [5, 5.41) is 40.1. The van der Waals surface area contributed by atoms with Gasteiger partial charge in [0, 0.05) is 18.9 Å². The number of unbranched alkanes of at least 4 members (excludes halogenated alkanes) is 15. The number of nitrogens with one attached hydrogen (secondary N) is 1. The van der Waals surface area contributed by atoms with Gasteiger partial charge in [-0.2, -0.15) is 0 Å². The zero-order valence-electron chi connectivity index (χ0n) is 29.6. The number of H-pyrrole nitrogens is 1. The van der Waals surface area contributed by atoms with Crippen molar-refractivity contribution in [1.29, 1.82) is 0 Å². The Balaban J connectivity index is 1.68. The van der Waals surface area contributed by atoms with Gasteiger partial charge >= 0.3 is 13.3 Å². The maximum absolute atomic E-state index is 13.7. The number of rotatable bonds is 29. The quantitative estimate of drug-likeness (QED) is 0.0584. The van der Waals surface area contributed by atoms with E-state index in [-0.39, 0.29) is 19.8 Å². The number of hydrogen-bond donors (Lipinski definition) is 5. The van der Waals surface area contributed by atoms with Crippen molar-refractivity contribution < 1.29 is 48.2 Å². The van der Waals surface area contributed by atoms with Crippen LogP contribution in [-0.4, -0.2) is 99.6 Å². The predicted octanol–water partition coefficient (Wildman–Crippen LogP) is 4.20. The first-order chi connectivity index (χ1) is 23.6. The summed E-state index contributed by atoms with van der Waals surface area (Å²) in [6, 6.07) is 1.18. The molecule has 0 saturated carbocycles. The fourth-order valence-corrected chi connectivity index (χ4v) is 7.11. The van der Waals surface area contributed by atoms with Crippen LogP contribution >= 0.6 is 7.60 Å². The van der Waals surface area contributed by atoms with Crippen LogP contribution in [0.1, 0.15) is 117 Å². The predicted molar refractivity (Wildman–Crippen MR) is 186 cm³/mol. The molecule has 0 aromatic carbocycles. The summed E-state index contributed by atoms with van der Waals surface area (Å²) in [6.45, 7) is 3.68. The van der Waals surface area contributed by atoms with Crippen LogP contribution in [0.4, 0.5) is 0 Å². The minimum Gasteiger partial charge on any atom is -0.394 e. The molecule has 1 aromatic heterocycles. The highest BCUT2D eigenvalue weighted by molar-refractivity contribution is 7.53. The average Bonchev–Trinajstić information content (AvgIpc) is 3.08. The Morgan fingerprint density at radius 3 is 1.96 bits per heavy atom. The van der Waals surface area contributed by atoms with Crippen molar-refractivity contribution in [3.63, 3.8) is 0 Å². The van der Waals surface area contributed by atoms with Gasteiger partial charge in [-0.3, -0.25) is 23.4 Å². The van der Waals surface area contributed by atoms with Crippen LogP contribution in [0.25, 0.3) is 0 Å². The van der Waals surface area contributed by atoms with E-state index in [9.17, 15) is 34.6 Å². The highest BCUT2D eigenvalue weighted by Gasteiger charge is 2.47. The Hall–Kier alpha value is -1.45. The van der Waals surface area contributed by atoms with E-state index in [0.29, 0.717) is 6.61 Å². The van der Waals surface area contributed by atoms with E-state index in [4.69, 9.17) is 23.3 Å². The zero-order chi connectivity index (χ0) is 35.9. The van der Waals surface area contributed by atoms with Crippen LogP contribution in [0.3, 0.4) is 0 Å². The van der Waals surface area contributed by atoms with Crippen molar-refractivity contribution in [3.05, 3.63) is 33.1 Å². The first kappa shape index (κ1) is 43.7. The molecule has 0 amide bonds. The molecule has 0 spiro atoms. The van der Waals surface area contributed by atoms with Crippen LogP contribution in [-0.2, 0) is 34.4 Å². The molecule has 14 nitrogen and oxygen atoms in total. The van der Waals surface area contributed by atoms with E-state index in [0.717, 1.165) is 19.3 Å². The third-order valence-electron chi connectivity index (χ3n) is 8.64. The number of aliphatic hydroxyl groups excluding tert-OH is 4. The summed E-state index contributed by atoms with van der Waals surface area (Å²) in [7, 11) is -4.19. The second-order valence-corrected chi connectivity index (χ2v) is 15.0. The average molecular weight is 723 g/mol. The lowest BCUT2D eigenvalue weighted by Gasteiger charge is -2.40. The largest absolute Gasteiger partial charge is 0.394 e. The van der Waals surface area contributed by atoms with Gasteiger partial charge < -0.3 is 39.2 Å². The number of ether oxygens (including phenoxy) is 3. The van der Waals surface area contributed by atoms with Gasteiger partial charge in [-0.1, -0.05) is 103 Å². The molecule has 1 saturated heterocycles. The minimum absolute atomic E-state index is 0.0120. The molecule has 0 radical (unpaired) electrons. The van der Waals surface area contributed by atoms with E-state index in [1.165, 1.54) is 100 Å². The third kappa shape index (κ3) is 18.0. The molecule has 5 N–H and O–H groups in total. The van der Waals surface area contributed by atoms with Gasteiger partial charge in [0.2, 0.25) is 0 Å². The smallest absolute Gasteiger partial charge is 0.358 e. The van der Waals surface area contributed by atoms with E-state index in [1.54, 1.807) is 6.92 Å². The zero-order valence-corrected chi connectivity index (χ0v) is 30.5. The number of aromatic amines is 1. The van der Waals surface area contributed by atoms with Gasteiger partial charge in [0.05, 0.1) is 32.5 Å². The molecule has 15 heteroatoms. The fraction of sp³-hybridized carbons (Fsp3) is 0.882. The van der Waals surface area contributed by atoms with Gasteiger partial charge in [-0.05, 0) is 13.3 Å². The Morgan fingerprint density at radius 2 is 1.41 bits per heavy atom. The molecule has 286 valence electrons. The fourth-order valence-electron chi connectivity index (χ4n) is 5.64. The van der Waals surface area contributed by atoms with E-state index >= 15 is 0 Å². The molecule has 2 heterocycles. The van der Waals surface area contributed by atoms with Crippen LogP contribution in [0.15, 0.2) is 21.9 Å². The lowest BCUT2D eigenvalue weighted by atomic mass is 10.00. The van der Waals surface area contributed by atoms with Crippen molar-refractivity contribution in [2.45, 2.75) is 160 Å². The van der Waals surface area contributed by atoms with Crippen LogP contribution in [0, 0.1) is 0 Å². The van der Waals surface area contributed by atoms with Crippen LogP contribution in [0.5, 0.6) is 0 Å². The standard InChI is InChI=1S/C34H63N2O12P/c1-3-4-5-6-7-8-9-10-11-12-13-14-15-16-17-18-21-44-22-23-46-49(43,48-33-32(41)31(40)30(39)28(25-37)47-33)26-45-27(2)24-36-20-19-29(38)35-34(36)42/h19-20,27-28,30-33,37,39-41H,3-18,21-26H2,1-2H3,(H,35,38,42)/t27?,28-,30+,31+,32-,33-,49?/m1/s1. The van der Waals surface area contributed by atoms with Crippen LogP contribution in [0.2, 0.25) is 0 Å². The Labute approximate surface area is 291 Å². The van der Waals surface area contributed by atoms with Crippen molar-refractivity contribution in [3.8, 4) is 0 Å². The molecule has 2 unspecified atom stereocenters. The summed E-state index contributed by atoms with van der Waals surface area (Å²) in [6.07, 6.45) is 12.4. The molecular weight excluding hydrogens is 659 g/mol. The van der Waals surface area contributed by atoms with E-state index in [1.807, 2.05) is 0 Å². The van der Waals surface area contributed by atoms with E-state index in [2.05, 4.69) is 11.9 Å². The highest BCUT2D eigenvalue weighted by atomic mass is 31.2. The summed E-state index contributed by atoms with van der Waals surface area (Å²) in [5.41, 5.74) is -1.18. The maximum Gasteiger partial charge on any atom is 0.358 e. The van der Waals surface area contributed by atoms with Gasteiger partial charge in [-0.15, -0.1) is 0 Å². The molecule has 0 aliphatic carbocycles. The molecule has 2 rings (SSSR count). The third-order valence-corrected chi connectivity index (χ3v) is 10.2. The van der Waals surface area contributed by atoms with Crippen molar-refractivity contribution in [1.82, 2.24) is 9.55 Å². The van der Waals surface area contributed by atoms with Crippen molar-refractivity contribution in [2.24, 2.45) is 0 Å². The number of hydrogen-bond acceptors (Lipinski definition) is 12. The normalized spacial score (nSPS) is 23.0. The summed E-state index contributed by atoms with van der Waals surface area (Å²) in [5.74, 6) is 0. The van der Waals surface area contributed by atoms with Gasteiger partial charge in [0.15, 0.2) is 6.29 Å². The van der Waals surface area contributed by atoms with Crippen LogP contribution < -0.4 is 11.2 Å². The minimum atomic E-state index is -4.19. The first-order valence-corrected chi connectivity index (χ1v) is 20.0. The lowest BCUT2D eigenvalue weighted by molar-refractivity contribution is -0.279. The lowest BCUT2D eigenvalue weighted by Crippen LogP contribution is -2.59. The van der Waals surface area contributed by atoms with Gasteiger partial charge in [0.1, 0.15) is 30.8 Å². The Morgan fingerprint density at radius 1 is 0.837 bits per heavy atom.